The minimum Gasteiger partial charge on any atom is -0.478 e. The molecule has 0 bridgehead atoms. The number of carboxylic acids is 1. The summed E-state index contributed by atoms with van der Waals surface area (Å²) in [7, 11) is 0. The molecule has 1 aliphatic rings. The van der Waals surface area contributed by atoms with Crippen molar-refractivity contribution in [3.8, 4) is 0 Å². The number of carbonyl (C=O) groups is 1. The van der Waals surface area contributed by atoms with Crippen molar-refractivity contribution >= 4 is 5.97 Å². The molecular formula is C9H14O7. The number of aliphatic carboxylic acids is 1. The maximum absolute atomic E-state index is 10.6. The van der Waals surface area contributed by atoms with Gasteiger partial charge in [-0.05, 0) is 0 Å². The fraction of sp³-hybridized carbons (Fsp3) is 0.667. The second-order valence-corrected chi connectivity index (χ2v) is 3.58. The van der Waals surface area contributed by atoms with Crippen LogP contribution >= 0.6 is 0 Å². The Morgan fingerprint density at radius 3 is 2.38 bits per heavy atom. The Kier molecular flexibility index (Phi) is 4.00. The summed E-state index contributed by atoms with van der Waals surface area (Å²) in [6.45, 7) is 2.53. The van der Waals surface area contributed by atoms with E-state index in [9.17, 15) is 20.1 Å². The Hall–Kier alpha value is -0.990. The smallest absolute Gasteiger partial charge is 0.333 e. The fourth-order valence-corrected chi connectivity index (χ4v) is 1.54. The summed E-state index contributed by atoms with van der Waals surface area (Å²) in [6, 6.07) is 0. The monoisotopic (exact) mass is 234 g/mol. The third-order valence-corrected chi connectivity index (χ3v) is 2.48. The van der Waals surface area contributed by atoms with Crippen molar-refractivity contribution in [3.05, 3.63) is 12.2 Å². The van der Waals surface area contributed by atoms with Gasteiger partial charge in [0.1, 0.15) is 30.5 Å². The van der Waals surface area contributed by atoms with Crippen LogP contribution in [0.4, 0.5) is 0 Å². The molecule has 5 atom stereocenters. The largest absolute Gasteiger partial charge is 0.478 e. The van der Waals surface area contributed by atoms with Gasteiger partial charge in [0.15, 0.2) is 0 Å². The highest BCUT2D eigenvalue weighted by Gasteiger charge is 2.47. The lowest BCUT2D eigenvalue weighted by Gasteiger charge is -2.18. The molecule has 1 aliphatic heterocycles. The van der Waals surface area contributed by atoms with Gasteiger partial charge in [-0.25, -0.2) is 4.79 Å². The summed E-state index contributed by atoms with van der Waals surface area (Å²) in [5.41, 5.74) is -0.417. The van der Waals surface area contributed by atoms with E-state index in [2.05, 4.69) is 6.58 Å². The van der Waals surface area contributed by atoms with Crippen LogP contribution in [0.15, 0.2) is 12.2 Å². The Morgan fingerprint density at radius 2 is 1.94 bits per heavy atom. The fourth-order valence-electron chi connectivity index (χ4n) is 1.54. The number of rotatable bonds is 4. The summed E-state index contributed by atoms with van der Waals surface area (Å²) < 4.78 is 4.97. The zero-order chi connectivity index (χ0) is 12.5. The van der Waals surface area contributed by atoms with E-state index in [0.29, 0.717) is 0 Å². The highest BCUT2D eigenvalue weighted by molar-refractivity contribution is 5.87. The number of ether oxygens (including phenoxy) is 1. The lowest BCUT2D eigenvalue weighted by Crippen LogP contribution is -2.40. The Balaban J connectivity index is 2.79. The molecule has 1 fully saturated rings. The van der Waals surface area contributed by atoms with E-state index in [1.165, 1.54) is 0 Å². The van der Waals surface area contributed by atoms with Gasteiger partial charge < -0.3 is 30.3 Å². The number of aliphatic hydroxyl groups is 4. The molecule has 0 aromatic heterocycles. The number of hydrogen-bond donors (Lipinski definition) is 5. The molecular weight excluding hydrogens is 220 g/mol. The van der Waals surface area contributed by atoms with Crippen LogP contribution in [-0.4, -0.2) is 68.6 Å². The minimum atomic E-state index is -1.49. The highest BCUT2D eigenvalue weighted by Crippen LogP contribution is 2.27. The summed E-state index contributed by atoms with van der Waals surface area (Å²) in [5, 5.41) is 45.6. The van der Waals surface area contributed by atoms with Gasteiger partial charge in [-0.2, -0.15) is 0 Å². The van der Waals surface area contributed by atoms with Crippen molar-refractivity contribution in [1.29, 1.82) is 0 Å². The molecule has 0 aliphatic carbocycles. The highest BCUT2D eigenvalue weighted by atomic mass is 16.6. The van der Waals surface area contributed by atoms with Crippen LogP contribution in [0.25, 0.3) is 0 Å². The normalized spacial score (nSPS) is 36.0. The van der Waals surface area contributed by atoms with Crippen molar-refractivity contribution in [2.45, 2.75) is 30.5 Å². The van der Waals surface area contributed by atoms with Gasteiger partial charge >= 0.3 is 5.97 Å². The second-order valence-electron chi connectivity index (χ2n) is 3.58. The van der Waals surface area contributed by atoms with Crippen molar-refractivity contribution in [2.24, 2.45) is 0 Å². The molecule has 1 saturated heterocycles. The van der Waals surface area contributed by atoms with Crippen LogP contribution in [0, 0.1) is 0 Å². The van der Waals surface area contributed by atoms with Crippen molar-refractivity contribution in [2.75, 3.05) is 6.61 Å². The van der Waals surface area contributed by atoms with Crippen LogP contribution in [0.3, 0.4) is 0 Å². The minimum absolute atomic E-state index is 0.417. The zero-order valence-electron chi connectivity index (χ0n) is 8.35. The van der Waals surface area contributed by atoms with Crippen LogP contribution in [0.5, 0.6) is 0 Å². The molecule has 0 saturated carbocycles. The van der Waals surface area contributed by atoms with Crippen LogP contribution in [-0.2, 0) is 9.53 Å². The molecule has 5 N–H and O–H groups in total. The van der Waals surface area contributed by atoms with Crippen LogP contribution in [0.2, 0.25) is 0 Å². The van der Waals surface area contributed by atoms with Gasteiger partial charge in [0, 0.05) is 0 Å². The van der Waals surface area contributed by atoms with E-state index in [4.69, 9.17) is 14.9 Å². The SMILES string of the molecule is C=C(C(=O)O)[C@@H]1O[C@H]([C@@H](O)CO)[C@H](O)[C@@H]1O. The Bertz CT molecular complexity index is 290. The first-order valence-electron chi connectivity index (χ1n) is 4.62. The summed E-state index contributed by atoms with van der Waals surface area (Å²) in [4.78, 5) is 10.6. The van der Waals surface area contributed by atoms with Crippen molar-refractivity contribution in [1.82, 2.24) is 0 Å². The summed E-state index contributed by atoms with van der Waals surface area (Å²) in [5.74, 6) is -1.37. The van der Waals surface area contributed by atoms with E-state index in [0.717, 1.165) is 0 Å². The van der Waals surface area contributed by atoms with Crippen molar-refractivity contribution < 1.29 is 35.1 Å². The zero-order valence-corrected chi connectivity index (χ0v) is 8.35. The number of aliphatic hydroxyl groups excluding tert-OH is 4. The first-order chi connectivity index (χ1) is 7.40. The average Bonchev–Trinajstić information content (AvgIpc) is 2.54. The Labute approximate surface area is 91.2 Å². The number of hydrogen-bond acceptors (Lipinski definition) is 6. The molecule has 1 heterocycles. The molecule has 0 radical (unpaired) electrons. The first-order valence-corrected chi connectivity index (χ1v) is 4.62. The summed E-state index contributed by atoms with van der Waals surface area (Å²) >= 11 is 0. The predicted octanol–water partition coefficient (Wildman–Crippen LogP) is -2.53. The molecule has 7 heteroatoms. The van der Waals surface area contributed by atoms with E-state index >= 15 is 0 Å². The van der Waals surface area contributed by atoms with Crippen LogP contribution in [0.1, 0.15) is 0 Å². The summed E-state index contributed by atoms with van der Waals surface area (Å²) in [6.07, 6.45) is -6.88. The standard InChI is InChI=1S/C9H14O7/c1-3(9(14)15)7-5(12)6(13)8(16-7)4(11)2-10/h4-8,10-13H,1-2H2,(H,14,15)/t4-,5-,6+,7-,8+/m0/s1. The molecule has 0 unspecified atom stereocenters. The maximum atomic E-state index is 10.6. The quantitative estimate of drug-likeness (QED) is 0.339. The van der Waals surface area contributed by atoms with Crippen molar-refractivity contribution in [3.63, 3.8) is 0 Å². The van der Waals surface area contributed by atoms with Gasteiger partial charge in [-0.15, -0.1) is 0 Å². The Morgan fingerprint density at radius 1 is 1.38 bits per heavy atom. The van der Waals surface area contributed by atoms with E-state index < -0.39 is 48.7 Å². The first kappa shape index (κ1) is 13.1. The molecule has 0 spiro atoms. The van der Waals surface area contributed by atoms with E-state index in [1.807, 2.05) is 0 Å². The number of carboxylic acid groups (broad SMARTS) is 1. The van der Waals surface area contributed by atoms with Gasteiger partial charge in [0.25, 0.3) is 0 Å². The lowest BCUT2D eigenvalue weighted by molar-refractivity contribution is -0.135. The van der Waals surface area contributed by atoms with E-state index in [1.54, 1.807) is 0 Å². The average molecular weight is 234 g/mol. The molecule has 0 aromatic rings. The molecule has 1 rings (SSSR count). The topological polar surface area (TPSA) is 127 Å². The van der Waals surface area contributed by atoms with Crippen LogP contribution < -0.4 is 0 Å². The van der Waals surface area contributed by atoms with Gasteiger partial charge in [-0.3, -0.25) is 0 Å². The maximum Gasteiger partial charge on any atom is 0.333 e. The second kappa shape index (κ2) is 4.89. The third kappa shape index (κ3) is 2.23. The molecule has 92 valence electrons. The van der Waals surface area contributed by atoms with Gasteiger partial charge in [0.05, 0.1) is 12.2 Å². The third-order valence-electron chi connectivity index (χ3n) is 2.48. The van der Waals surface area contributed by atoms with Gasteiger partial charge in [0.2, 0.25) is 0 Å². The predicted molar refractivity (Wildman–Crippen MR) is 50.5 cm³/mol. The van der Waals surface area contributed by atoms with Gasteiger partial charge in [-0.1, -0.05) is 6.58 Å². The molecule has 0 amide bonds. The molecule has 7 nitrogen and oxygen atoms in total. The molecule has 0 aromatic carbocycles. The lowest BCUT2D eigenvalue weighted by atomic mass is 10.0. The van der Waals surface area contributed by atoms with E-state index in [-0.39, 0.29) is 0 Å². The molecule has 16 heavy (non-hydrogen) atoms.